The predicted molar refractivity (Wildman–Crippen MR) is 74.1 cm³/mol. The molecule has 0 unspecified atom stereocenters. The molecule has 0 atom stereocenters. The average Bonchev–Trinajstić information content (AvgIpc) is 2.46. The molecule has 0 fully saturated rings. The number of carbonyl (C=O) groups excluding carboxylic acids is 1. The second kappa shape index (κ2) is 4.61. The number of fused-ring (bicyclic) bond motifs is 1. The van der Waals surface area contributed by atoms with Crippen LogP contribution in [-0.2, 0) is 0 Å². The fourth-order valence-corrected chi connectivity index (χ4v) is 2.17. The summed E-state index contributed by atoms with van der Waals surface area (Å²) in [5.74, 6) is -0.0100. The summed E-state index contributed by atoms with van der Waals surface area (Å²) in [5.41, 5.74) is 2.18. The number of aromatic nitrogens is 2. The molecule has 0 amide bonds. The first-order valence-corrected chi connectivity index (χ1v) is 6.05. The maximum absolute atomic E-state index is 12.6. The van der Waals surface area contributed by atoms with Gasteiger partial charge in [-0.3, -0.25) is 14.8 Å². The molecule has 0 aliphatic heterocycles. The van der Waals surface area contributed by atoms with Crippen LogP contribution in [0.5, 0.6) is 0 Å². The lowest BCUT2D eigenvalue weighted by Gasteiger charge is -2.07. The van der Waals surface area contributed by atoms with E-state index in [0.717, 1.165) is 16.3 Å². The zero-order chi connectivity index (χ0) is 13.2. The molecule has 0 saturated heterocycles. The topological polar surface area (TPSA) is 42.9 Å². The van der Waals surface area contributed by atoms with Crippen molar-refractivity contribution in [1.29, 1.82) is 0 Å². The van der Waals surface area contributed by atoms with Crippen LogP contribution in [0.1, 0.15) is 21.5 Å². The third kappa shape index (κ3) is 1.99. The molecule has 0 aliphatic rings. The highest BCUT2D eigenvalue weighted by atomic mass is 16.1. The Morgan fingerprint density at radius 1 is 0.947 bits per heavy atom. The number of hydrogen-bond donors (Lipinski definition) is 0. The van der Waals surface area contributed by atoms with E-state index >= 15 is 0 Å². The van der Waals surface area contributed by atoms with Gasteiger partial charge in [-0.15, -0.1) is 0 Å². The molecule has 3 aromatic rings. The Morgan fingerprint density at radius 2 is 1.79 bits per heavy atom. The van der Waals surface area contributed by atoms with E-state index in [9.17, 15) is 4.79 Å². The molecule has 0 N–H and O–H groups in total. The molecular weight excluding hydrogens is 236 g/mol. The summed E-state index contributed by atoms with van der Waals surface area (Å²) in [4.78, 5) is 20.8. The molecular formula is C16H12N2O. The summed E-state index contributed by atoms with van der Waals surface area (Å²) in [7, 11) is 0. The van der Waals surface area contributed by atoms with Crippen LogP contribution in [0, 0.1) is 6.92 Å². The minimum atomic E-state index is -0.0100. The largest absolute Gasteiger partial charge is 0.289 e. The van der Waals surface area contributed by atoms with Gasteiger partial charge in [-0.2, -0.15) is 0 Å². The Hall–Kier alpha value is -2.55. The van der Waals surface area contributed by atoms with E-state index in [-0.39, 0.29) is 5.78 Å². The Bertz CT molecular complexity index is 760. The lowest BCUT2D eigenvalue weighted by atomic mass is 9.98. The number of carbonyl (C=O) groups is 1. The summed E-state index contributed by atoms with van der Waals surface area (Å²) in [6.45, 7) is 1.89. The van der Waals surface area contributed by atoms with Crippen molar-refractivity contribution in [3.8, 4) is 0 Å². The fourth-order valence-electron chi connectivity index (χ4n) is 2.17. The third-order valence-electron chi connectivity index (χ3n) is 3.18. The number of rotatable bonds is 2. The quantitative estimate of drug-likeness (QED) is 0.654. The Morgan fingerprint density at radius 3 is 2.63 bits per heavy atom. The lowest BCUT2D eigenvalue weighted by Crippen LogP contribution is -2.05. The van der Waals surface area contributed by atoms with Gasteiger partial charge in [-0.25, -0.2) is 0 Å². The van der Waals surface area contributed by atoms with Crippen LogP contribution in [0.2, 0.25) is 0 Å². The van der Waals surface area contributed by atoms with Crippen LogP contribution >= 0.6 is 0 Å². The van der Waals surface area contributed by atoms with Crippen LogP contribution < -0.4 is 0 Å². The van der Waals surface area contributed by atoms with Crippen molar-refractivity contribution in [2.75, 3.05) is 0 Å². The monoisotopic (exact) mass is 248 g/mol. The molecule has 2 aromatic heterocycles. The van der Waals surface area contributed by atoms with E-state index in [1.54, 1.807) is 30.9 Å². The van der Waals surface area contributed by atoms with Crippen molar-refractivity contribution in [3.05, 3.63) is 71.8 Å². The molecule has 3 rings (SSSR count). The van der Waals surface area contributed by atoms with E-state index in [0.29, 0.717) is 11.1 Å². The van der Waals surface area contributed by atoms with Crippen molar-refractivity contribution in [2.24, 2.45) is 0 Å². The van der Waals surface area contributed by atoms with E-state index in [1.165, 1.54) is 0 Å². The number of ketones is 1. The second-order valence-corrected chi connectivity index (χ2v) is 4.43. The minimum absolute atomic E-state index is 0.0100. The SMILES string of the molecule is Cc1cnccc1C(=O)c1cncc2ccccc12. The Balaban J connectivity index is 2.20. The van der Waals surface area contributed by atoms with E-state index in [1.807, 2.05) is 31.2 Å². The van der Waals surface area contributed by atoms with E-state index in [2.05, 4.69) is 9.97 Å². The van der Waals surface area contributed by atoms with Gasteiger partial charge in [0.1, 0.15) is 0 Å². The summed E-state index contributed by atoms with van der Waals surface area (Å²) in [5, 5.41) is 1.90. The maximum Gasteiger partial charge on any atom is 0.195 e. The molecule has 0 aliphatic carbocycles. The number of pyridine rings is 2. The van der Waals surface area contributed by atoms with Gasteiger partial charge in [-0.1, -0.05) is 24.3 Å². The number of aryl methyl sites for hydroxylation is 1. The molecule has 0 radical (unpaired) electrons. The average molecular weight is 248 g/mol. The molecule has 3 heteroatoms. The zero-order valence-electron chi connectivity index (χ0n) is 10.5. The molecule has 3 nitrogen and oxygen atoms in total. The standard InChI is InChI=1S/C16H12N2O/c1-11-8-17-7-6-13(11)16(19)15-10-18-9-12-4-2-3-5-14(12)15/h2-10H,1H3. The molecule has 19 heavy (non-hydrogen) atoms. The normalized spacial score (nSPS) is 10.6. The van der Waals surface area contributed by atoms with Gasteiger partial charge < -0.3 is 0 Å². The van der Waals surface area contributed by atoms with Gasteiger partial charge in [0, 0.05) is 41.3 Å². The summed E-state index contributed by atoms with van der Waals surface area (Å²) in [6, 6.07) is 9.52. The van der Waals surface area contributed by atoms with Crippen molar-refractivity contribution in [2.45, 2.75) is 6.92 Å². The highest BCUT2D eigenvalue weighted by Crippen LogP contribution is 2.21. The van der Waals surface area contributed by atoms with Crippen molar-refractivity contribution in [3.63, 3.8) is 0 Å². The van der Waals surface area contributed by atoms with Crippen LogP contribution in [0.3, 0.4) is 0 Å². The first-order valence-electron chi connectivity index (χ1n) is 6.05. The van der Waals surface area contributed by atoms with Gasteiger partial charge in [0.2, 0.25) is 0 Å². The number of nitrogens with zero attached hydrogens (tertiary/aromatic N) is 2. The highest BCUT2D eigenvalue weighted by Gasteiger charge is 2.14. The van der Waals surface area contributed by atoms with Gasteiger partial charge in [-0.05, 0) is 23.9 Å². The predicted octanol–water partition coefficient (Wildman–Crippen LogP) is 3.17. The molecule has 0 saturated carbocycles. The molecule has 0 bridgehead atoms. The van der Waals surface area contributed by atoms with Crippen molar-refractivity contribution < 1.29 is 4.79 Å². The first kappa shape index (κ1) is 11.5. The van der Waals surface area contributed by atoms with Crippen LogP contribution in [0.15, 0.2) is 55.1 Å². The minimum Gasteiger partial charge on any atom is -0.289 e. The van der Waals surface area contributed by atoms with Crippen LogP contribution in [-0.4, -0.2) is 15.8 Å². The third-order valence-corrected chi connectivity index (χ3v) is 3.18. The zero-order valence-corrected chi connectivity index (χ0v) is 10.5. The van der Waals surface area contributed by atoms with Gasteiger partial charge in [0.05, 0.1) is 0 Å². The maximum atomic E-state index is 12.6. The summed E-state index contributed by atoms with van der Waals surface area (Å²) >= 11 is 0. The highest BCUT2D eigenvalue weighted by molar-refractivity contribution is 6.16. The van der Waals surface area contributed by atoms with E-state index < -0.39 is 0 Å². The smallest absolute Gasteiger partial charge is 0.195 e. The Kier molecular flexibility index (Phi) is 2.80. The Labute approximate surface area is 111 Å². The van der Waals surface area contributed by atoms with Gasteiger partial charge in [0.25, 0.3) is 0 Å². The van der Waals surface area contributed by atoms with Gasteiger partial charge in [0.15, 0.2) is 5.78 Å². The van der Waals surface area contributed by atoms with Crippen molar-refractivity contribution >= 4 is 16.6 Å². The van der Waals surface area contributed by atoms with Crippen LogP contribution in [0.25, 0.3) is 10.8 Å². The molecule has 1 aromatic carbocycles. The lowest BCUT2D eigenvalue weighted by molar-refractivity contribution is 0.103. The van der Waals surface area contributed by atoms with Gasteiger partial charge >= 0.3 is 0 Å². The molecule has 2 heterocycles. The van der Waals surface area contributed by atoms with E-state index in [4.69, 9.17) is 0 Å². The fraction of sp³-hybridized carbons (Fsp3) is 0.0625. The second-order valence-electron chi connectivity index (χ2n) is 4.43. The summed E-state index contributed by atoms with van der Waals surface area (Å²) < 4.78 is 0. The summed E-state index contributed by atoms with van der Waals surface area (Å²) in [6.07, 6.45) is 6.74. The van der Waals surface area contributed by atoms with Crippen molar-refractivity contribution in [1.82, 2.24) is 9.97 Å². The molecule has 0 spiro atoms. The molecule has 92 valence electrons. The van der Waals surface area contributed by atoms with Crippen LogP contribution in [0.4, 0.5) is 0 Å². The number of benzene rings is 1. The first-order chi connectivity index (χ1) is 9.27. The number of hydrogen-bond acceptors (Lipinski definition) is 3.